The lowest BCUT2D eigenvalue weighted by Gasteiger charge is -2.31. The van der Waals surface area contributed by atoms with Gasteiger partial charge in [-0.05, 0) is 38.2 Å². The zero-order valence-corrected chi connectivity index (χ0v) is 13.6. The number of carbonyl (C=O) groups is 2. The minimum absolute atomic E-state index is 0.00519. The first-order chi connectivity index (χ1) is 11.1. The van der Waals surface area contributed by atoms with Gasteiger partial charge < -0.3 is 15.2 Å². The van der Waals surface area contributed by atoms with Crippen LogP contribution in [0, 0.1) is 12.8 Å². The summed E-state index contributed by atoms with van der Waals surface area (Å²) < 4.78 is 5.86. The van der Waals surface area contributed by atoms with Gasteiger partial charge in [0.05, 0.1) is 12.0 Å². The Labute approximate surface area is 137 Å². The average Bonchev–Trinajstić information content (AvgIpc) is 2.55. The number of amides is 1. The molecule has 1 aliphatic heterocycles. The van der Waals surface area contributed by atoms with Crippen LogP contribution in [-0.2, 0) is 14.3 Å². The summed E-state index contributed by atoms with van der Waals surface area (Å²) in [6.07, 6.45) is 2.93. The van der Waals surface area contributed by atoms with Crippen LogP contribution < -0.4 is 5.32 Å². The van der Waals surface area contributed by atoms with Crippen molar-refractivity contribution in [3.05, 3.63) is 35.4 Å². The molecule has 1 fully saturated rings. The number of hydrogen-bond acceptors (Lipinski definition) is 3. The Morgan fingerprint density at radius 3 is 2.70 bits per heavy atom. The number of hydrogen-bond donors (Lipinski definition) is 2. The van der Waals surface area contributed by atoms with Crippen LogP contribution in [-0.4, -0.2) is 30.1 Å². The molecule has 2 unspecified atom stereocenters. The van der Waals surface area contributed by atoms with Gasteiger partial charge in [-0.3, -0.25) is 9.59 Å². The van der Waals surface area contributed by atoms with Crippen LogP contribution in [0.25, 0.3) is 0 Å². The molecule has 1 saturated heterocycles. The minimum atomic E-state index is -0.795. The van der Waals surface area contributed by atoms with Gasteiger partial charge in [-0.15, -0.1) is 0 Å². The van der Waals surface area contributed by atoms with Crippen molar-refractivity contribution >= 4 is 11.9 Å². The highest BCUT2D eigenvalue weighted by molar-refractivity contribution is 5.79. The summed E-state index contributed by atoms with van der Waals surface area (Å²) in [6.45, 7) is 3.23. The maximum Gasteiger partial charge on any atom is 0.303 e. The predicted octanol–water partition coefficient (Wildman–Crippen LogP) is 2.83. The third-order valence-corrected chi connectivity index (χ3v) is 4.18. The van der Waals surface area contributed by atoms with Gasteiger partial charge in [0, 0.05) is 19.6 Å². The van der Waals surface area contributed by atoms with Crippen molar-refractivity contribution in [2.45, 2.75) is 45.1 Å². The van der Waals surface area contributed by atoms with Crippen LogP contribution in [0.1, 0.15) is 49.3 Å². The van der Waals surface area contributed by atoms with E-state index in [1.807, 2.05) is 31.2 Å². The molecule has 0 bridgehead atoms. The molecule has 5 heteroatoms. The highest BCUT2D eigenvalue weighted by Crippen LogP contribution is 2.33. The van der Waals surface area contributed by atoms with E-state index in [9.17, 15) is 9.59 Å². The molecule has 1 aromatic carbocycles. The molecule has 0 radical (unpaired) electrons. The van der Waals surface area contributed by atoms with Gasteiger partial charge >= 0.3 is 5.97 Å². The molecule has 0 aliphatic carbocycles. The predicted molar refractivity (Wildman–Crippen MR) is 87.1 cm³/mol. The second-order valence-corrected chi connectivity index (χ2v) is 6.09. The van der Waals surface area contributed by atoms with Crippen molar-refractivity contribution in [1.82, 2.24) is 5.32 Å². The molecule has 5 nitrogen and oxygen atoms in total. The molecule has 2 N–H and O–H groups in total. The van der Waals surface area contributed by atoms with E-state index in [2.05, 4.69) is 5.32 Å². The molecule has 1 amide bonds. The summed E-state index contributed by atoms with van der Waals surface area (Å²) in [7, 11) is 0. The van der Waals surface area contributed by atoms with Crippen molar-refractivity contribution < 1.29 is 19.4 Å². The van der Waals surface area contributed by atoms with Crippen LogP contribution in [0.4, 0.5) is 0 Å². The fourth-order valence-electron chi connectivity index (χ4n) is 2.88. The van der Waals surface area contributed by atoms with E-state index in [4.69, 9.17) is 9.84 Å². The lowest BCUT2D eigenvalue weighted by molar-refractivity contribution is -0.137. The molecular formula is C18H25NO4. The summed E-state index contributed by atoms with van der Waals surface area (Å²) >= 11 is 0. The lowest BCUT2D eigenvalue weighted by atomic mass is 9.88. The van der Waals surface area contributed by atoms with Gasteiger partial charge in [-0.1, -0.05) is 29.8 Å². The molecule has 126 valence electrons. The first-order valence-electron chi connectivity index (χ1n) is 8.25. The zero-order valence-electron chi connectivity index (χ0n) is 13.6. The maximum atomic E-state index is 12.4. The summed E-state index contributed by atoms with van der Waals surface area (Å²) in [6, 6.07) is 8.12. The first-order valence-corrected chi connectivity index (χ1v) is 8.25. The molecule has 0 aromatic heterocycles. The number of carboxylic acids is 1. The van der Waals surface area contributed by atoms with Gasteiger partial charge in [0.2, 0.25) is 5.91 Å². The fourth-order valence-corrected chi connectivity index (χ4v) is 2.88. The normalized spacial score (nSPS) is 20.9. The number of benzene rings is 1. The van der Waals surface area contributed by atoms with E-state index in [-0.39, 0.29) is 24.3 Å². The number of aliphatic carboxylic acids is 1. The number of ether oxygens (including phenoxy) is 1. The van der Waals surface area contributed by atoms with Gasteiger partial charge in [0.1, 0.15) is 0 Å². The number of unbranched alkanes of at least 4 members (excludes halogenated alkanes) is 1. The van der Waals surface area contributed by atoms with E-state index < -0.39 is 5.97 Å². The molecule has 1 aromatic rings. The van der Waals surface area contributed by atoms with Crippen molar-refractivity contribution in [3.8, 4) is 0 Å². The summed E-state index contributed by atoms with van der Waals surface area (Å²) in [5.41, 5.74) is 2.23. The number of rotatable bonds is 7. The SMILES string of the molecule is Cc1ccc(C2OCCCC2C(=O)NCCCCC(=O)O)cc1. The van der Waals surface area contributed by atoms with E-state index in [0.717, 1.165) is 18.4 Å². The van der Waals surface area contributed by atoms with Crippen LogP contribution in [0.5, 0.6) is 0 Å². The Balaban J connectivity index is 1.88. The van der Waals surface area contributed by atoms with Gasteiger partial charge in [0.15, 0.2) is 0 Å². The highest BCUT2D eigenvalue weighted by atomic mass is 16.5. The molecule has 2 atom stereocenters. The molecule has 1 aliphatic rings. The number of carboxylic acid groups (broad SMARTS) is 1. The third kappa shape index (κ3) is 5.36. The molecule has 1 heterocycles. The van der Waals surface area contributed by atoms with Crippen molar-refractivity contribution in [3.63, 3.8) is 0 Å². The van der Waals surface area contributed by atoms with Crippen LogP contribution >= 0.6 is 0 Å². The standard InChI is InChI=1S/C18H25NO4/c1-13-7-9-14(10-8-13)17-15(5-4-12-23-17)18(22)19-11-3-2-6-16(20)21/h7-10,15,17H,2-6,11-12H2,1H3,(H,19,22)(H,20,21). The first kappa shape index (κ1) is 17.5. The van der Waals surface area contributed by atoms with Crippen molar-refractivity contribution in [2.75, 3.05) is 13.2 Å². The molecule has 0 spiro atoms. The Morgan fingerprint density at radius 1 is 1.26 bits per heavy atom. The highest BCUT2D eigenvalue weighted by Gasteiger charge is 2.32. The molecule has 23 heavy (non-hydrogen) atoms. The summed E-state index contributed by atoms with van der Waals surface area (Å²) in [4.78, 5) is 22.9. The second-order valence-electron chi connectivity index (χ2n) is 6.09. The van der Waals surface area contributed by atoms with E-state index >= 15 is 0 Å². The van der Waals surface area contributed by atoms with Crippen molar-refractivity contribution in [1.29, 1.82) is 0 Å². The minimum Gasteiger partial charge on any atom is -0.481 e. The monoisotopic (exact) mass is 319 g/mol. The van der Waals surface area contributed by atoms with Crippen LogP contribution in [0.3, 0.4) is 0 Å². The Morgan fingerprint density at radius 2 is 2.00 bits per heavy atom. The van der Waals surface area contributed by atoms with Crippen molar-refractivity contribution in [2.24, 2.45) is 5.92 Å². The summed E-state index contributed by atoms with van der Waals surface area (Å²) in [5.74, 6) is -0.965. The number of carbonyl (C=O) groups excluding carboxylic acids is 1. The van der Waals surface area contributed by atoms with Gasteiger partial charge in [-0.2, -0.15) is 0 Å². The van der Waals surface area contributed by atoms with Crippen LogP contribution in [0.15, 0.2) is 24.3 Å². The number of nitrogens with one attached hydrogen (secondary N) is 1. The third-order valence-electron chi connectivity index (χ3n) is 4.18. The Kier molecular flexibility index (Phi) is 6.59. The maximum absolute atomic E-state index is 12.4. The average molecular weight is 319 g/mol. The fraction of sp³-hybridized carbons (Fsp3) is 0.556. The summed E-state index contributed by atoms with van der Waals surface area (Å²) in [5, 5.41) is 11.5. The lowest BCUT2D eigenvalue weighted by Crippen LogP contribution is -2.38. The quantitative estimate of drug-likeness (QED) is 0.758. The Bertz CT molecular complexity index is 526. The van der Waals surface area contributed by atoms with Crippen LogP contribution in [0.2, 0.25) is 0 Å². The zero-order chi connectivity index (χ0) is 16.7. The molecule has 0 saturated carbocycles. The Hall–Kier alpha value is -1.88. The van der Waals surface area contributed by atoms with E-state index in [1.165, 1.54) is 5.56 Å². The second kappa shape index (κ2) is 8.67. The van der Waals surface area contributed by atoms with E-state index in [1.54, 1.807) is 0 Å². The van der Waals surface area contributed by atoms with E-state index in [0.29, 0.717) is 26.0 Å². The molecular weight excluding hydrogens is 294 g/mol. The van der Waals surface area contributed by atoms with Gasteiger partial charge in [0.25, 0.3) is 0 Å². The van der Waals surface area contributed by atoms with Gasteiger partial charge in [-0.25, -0.2) is 0 Å². The number of aryl methyl sites for hydroxylation is 1. The largest absolute Gasteiger partial charge is 0.481 e. The smallest absolute Gasteiger partial charge is 0.303 e. The topological polar surface area (TPSA) is 75.6 Å². The molecule has 2 rings (SSSR count).